The van der Waals surface area contributed by atoms with Gasteiger partial charge in [0, 0.05) is 11.3 Å². The molecule has 0 radical (unpaired) electrons. The second kappa shape index (κ2) is 7.12. The highest BCUT2D eigenvalue weighted by Gasteiger charge is 2.13. The summed E-state index contributed by atoms with van der Waals surface area (Å²) in [5, 5.41) is 3.07. The topological polar surface area (TPSA) is 38.3 Å². The molecule has 0 aromatic heterocycles. The van der Waals surface area contributed by atoms with Gasteiger partial charge < -0.3 is 10.1 Å². The van der Waals surface area contributed by atoms with Gasteiger partial charge in [-0.15, -0.1) is 0 Å². The minimum Gasteiger partial charge on any atom is -0.496 e. The Labute approximate surface area is 132 Å². The molecule has 0 heterocycles. The molecular weight excluding hydrogens is 274 g/mol. The van der Waals surface area contributed by atoms with Crippen LogP contribution in [0.2, 0.25) is 0 Å². The van der Waals surface area contributed by atoms with Gasteiger partial charge in [-0.25, -0.2) is 0 Å². The highest BCUT2D eigenvalue weighted by molar-refractivity contribution is 5.94. The summed E-state index contributed by atoms with van der Waals surface area (Å²) < 4.78 is 5.30. The molecule has 2 rings (SSSR count). The zero-order valence-electron chi connectivity index (χ0n) is 13.6. The molecule has 0 saturated heterocycles. The molecule has 0 aliphatic carbocycles. The van der Waals surface area contributed by atoms with Crippen LogP contribution in [-0.2, 0) is 11.2 Å². The second-order valence-electron chi connectivity index (χ2n) is 5.73. The molecule has 116 valence electrons. The first-order valence-corrected chi connectivity index (χ1v) is 7.54. The highest BCUT2D eigenvalue weighted by Crippen LogP contribution is 2.28. The minimum absolute atomic E-state index is 0.0271. The van der Waals surface area contributed by atoms with Gasteiger partial charge in [0.25, 0.3) is 0 Å². The summed E-state index contributed by atoms with van der Waals surface area (Å²) in [6.45, 7) is 6.28. The SMILES string of the molecule is COc1ccccc1CC(=O)Nc1c(C)cccc1C(C)C. The molecule has 1 amide bonds. The lowest BCUT2D eigenvalue weighted by atomic mass is 9.98. The van der Waals surface area contributed by atoms with Crippen LogP contribution in [0.3, 0.4) is 0 Å². The Morgan fingerprint density at radius 3 is 2.55 bits per heavy atom. The Morgan fingerprint density at radius 1 is 1.14 bits per heavy atom. The van der Waals surface area contributed by atoms with Crippen molar-refractivity contribution in [2.24, 2.45) is 0 Å². The van der Waals surface area contributed by atoms with E-state index in [0.717, 1.165) is 28.1 Å². The maximum absolute atomic E-state index is 12.4. The van der Waals surface area contributed by atoms with Gasteiger partial charge in [-0.1, -0.05) is 50.2 Å². The Balaban J connectivity index is 2.19. The van der Waals surface area contributed by atoms with E-state index in [4.69, 9.17) is 4.74 Å². The van der Waals surface area contributed by atoms with Crippen LogP contribution in [0.25, 0.3) is 0 Å². The molecule has 0 atom stereocenters. The Hall–Kier alpha value is -2.29. The van der Waals surface area contributed by atoms with Gasteiger partial charge in [0.05, 0.1) is 13.5 Å². The number of para-hydroxylation sites is 2. The zero-order chi connectivity index (χ0) is 16.1. The Kier molecular flexibility index (Phi) is 5.21. The summed E-state index contributed by atoms with van der Waals surface area (Å²) in [7, 11) is 1.62. The van der Waals surface area contributed by atoms with Gasteiger partial charge in [0.1, 0.15) is 5.75 Å². The van der Waals surface area contributed by atoms with E-state index in [-0.39, 0.29) is 5.91 Å². The van der Waals surface area contributed by atoms with Crippen LogP contribution in [-0.4, -0.2) is 13.0 Å². The molecule has 2 aromatic carbocycles. The van der Waals surface area contributed by atoms with Crippen LogP contribution in [0, 0.1) is 6.92 Å². The number of anilines is 1. The largest absolute Gasteiger partial charge is 0.496 e. The van der Waals surface area contributed by atoms with Crippen molar-refractivity contribution in [2.45, 2.75) is 33.1 Å². The number of rotatable bonds is 5. The van der Waals surface area contributed by atoms with Crippen molar-refractivity contribution in [3.8, 4) is 5.75 Å². The van der Waals surface area contributed by atoms with E-state index in [1.807, 2.05) is 43.3 Å². The number of hydrogen-bond donors (Lipinski definition) is 1. The lowest BCUT2D eigenvalue weighted by Gasteiger charge is -2.17. The fourth-order valence-corrected chi connectivity index (χ4v) is 2.55. The summed E-state index contributed by atoms with van der Waals surface area (Å²) >= 11 is 0. The molecule has 2 aromatic rings. The quantitative estimate of drug-likeness (QED) is 0.893. The molecule has 0 bridgehead atoms. The second-order valence-corrected chi connectivity index (χ2v) is 5.73. The molecule has 0 fully saturated rings. The third-order valence-corrected chi connectivity index (χ3v) is 3.73. The average molecular weight is 297 g/mol. The summed E-state index contributed by atoms with van der Waals surface area (Å²) in [6, 6.07) is 13.7. The lowest BCUT2D eigenvalue weighted by molar-refractivity contribution is -0.115. The molecule has 22 heavy (non-hydrogen) atoms. The number of amides is 1. The Morgan fingerprint density at radius 2 is 1.86 bits per heavy atom. The monoisotopic (exact) mass is 297 g/mol. The third-order valence-electron chi connectivity index (χ3n) is 3.73. The number of carbonyl (C=O) groups excluding carboxylic acids is 1. The maximum atomic E-state index is 12.4. The van der Waals surface area contributed by atoms with E-state index >= 15 is 0 Å². The first kappa shape index (κ1) is 16.1. The first-order chi connectivity index (χ1) is 10.5. The molecule has 3 heteroatoms. The maximum Gasteiger partial charge on any atom is 0.228 e. The summed E-state index contributed by atoms with van der Waals surface area (Å²) in [5.41, 5.74) is 4.06. The predicted octanol–water partition coefficient (Wildman–Crippen LogP) is 4.31. The fraction of sp³-hybridized carbons (Fsp3) is 0.316. The number of hydrogen-bond acceptors (Lipinski definition) is 2. The molecule has 3 nitrogen and oxygen atoms in total. The zero-order valence-corrected chi connectivity index (χ0v) is 13.6. The smallest absolute Gasteiger partial charge is 0.228 e. The van der Waals surface area contributed by atoms with E-state index in [9.17, 15) is 4.79 Å². The van der Waals surface area contributed by atoms with Gasteiger partial charge in [-0.3, -0.25) is 4.79 Å². The van der Waals surface area contributed by atoms with E-state index in [1.165, 1.54) is 0 Å². The number of carbonyl (C=O) groups is 1. The van der Waals surface area contributed by atoms with Gasteiger partial charge in [0.2, 0.25) is 5.91 Å². The van der Waals surface area contributed by atoms with Crippen LogP contribution < -0.4 is 10.1 Å². The molecule has 0 unspecified atom stereocenters. The van der Waals surface area contributed by atoms with E-state index in [2.05, 4.69) is 25.2 Å². The fourth-order valence-electron chi connectivity index (χ4n) is 2.55. The van der Waals surface area contributed by atoms with Crippen molar-refractivity contribution in [3.63, 3.8) is 0 Å². The third kappa shape index (κ3) is 3.67. The first-order valence-electron chi connectivity index (χ1n) is 7.54. The highest BCUT2D eigenvalue weighted by atomic mass is 16.5. The van der Waals surface area contributed by atoms with E-state index < -0.39 is 0 Å². The number of nitrogens with one attached hydrogen (secondary N) is 1. The molecule has 0 aliphatic rings. The van der Waals surface area contributed by atoms with Crippen molar-refractivity contribution in [1.82, 2.24) is 0 Å². The number of ether oxygens (including phenoxy) is 1. The van der Waals surface area contributed by atoms with Crippen LogP contribution in [0.1, 0.15) is 36.5 Å². The van der Waals surface area contributed by atoms with Crippen LogP contribution in [0.5, 0.6) is 5.75 Å². The van der Waals surface area contributed by atoms with Crippen LogP contribution >= 0.6 is 0 Å². The normalized spacial score (nSPS) is 10.6. The average Bonchev–Trinajstić information content (AvgIpc) is 2.49. The van der Waals surface area contributed by atoms with Crippen molar-refractivity contribution in [1.29, 1.82) is 0 Å². The van der Waals surface area contributed by atoms with Gasteiger partial charge in [-0.2, -0.15) is 0 Å². The predicted molar refractivity (Wildman–Crippen MR) is 90.6 cm³/mol. The van der Waals surface area contributed by atoms with Crippen LogP contribution in [0.4, 0.5) is 5.69 Å². The van der Waals surface area contributed by atoms with Crippen LogP contribution in [0.15, 0.2) is 42.5 Å². The molecule has 0 aliphatic heterocycles. The minimum atomic E-state index is -0.0271. The van der Waals surface area contributed by atoms with Crippen molar-refractivity contribution >= 4 is 11.6 Å². The Bertz CT molecular complexity index is 662. The lowest BCUT2D eigenvalue weighted by Crippen LogP contribution is -2.17. The molecular formula is C19H23NO2. The van der Waals surface area contributed by atoms with Crippen molar-refractivity contribution in [3.05, 3.63) is 59.2 Å². The van der Waals surface area contributed by atoms with E-state index in [0.29, 0.717) is 12.3 Å². The molecule has 1 N–H and O–H groups in total. The van der Waals surface area contributed by atoms with Gasteiger partial charge >= 0.3 is 0 Å². The van der Waals surface area contributed by atoms with Gasteiger partial charge in [-0.05, 0) is 30.0 Å². The number of benzene rings is 2. The summed E-state index contributed by atoms with van der Waals surface area (Å²) in [5.74, 6) is 1.08. The number of methoxy groups -OCH3 is 1. The van der Waals surface area contributed by atoms with Crippen molar-refractivity contribution in [2.75, 3.05) is 12.4 Å². The van der Waals surface area contributed by atoms with E-state index in [1.54, 1.807) is 7.11 Å². The summed E-state index contributed by atoms with van der Waals surface area (Å²) in [6.07, 6.45) is 0.301. The number of aryl methyl sites for hydroxylation is 1. The molecule has 0 spiro atoms. The molecule has 0 saturated carbocycles. The standard InChI is InChI=1S/C19H23NO2/c1-13(2)16-10-7-8-14(3)19(16)20-18(21)12-15-9-5-6-11-17(15)22-4/h5-11,13H,12H2,1-4H3,(H,20,21). The summed E-state index contributed by atoms with van der Waals surface area (Å²) in [4.78, 5) is 12.4. The van der Waals surface area contributed by atoms with Crippen molar-refractivity contribution < 1.29 is 9.53 Å². The van der Waals surface area contributed by atoms with Gasteiger partial charge in [0.15, 0.2) is 0 Å².